The molecule has 2 nitrogen and oxygen atoms in total. The monoisotopic (exact) mass is 442 g/mol. The van der Waals surface area contributed by atoms with Gasteiger partial charge in [-0.2, -0.15) is 0 Å². The summed E-state index contributed by atoms with van der Waals surface area (Å²) < 4.78 is 0. The van der Waals surface area contributed by atoms with E-state index in [-0.39, 0.29) is 16.2 Å². The van der Waals surface area contributed by atoms with Crippen LogP contribution < -0.4 is 0 Å². The topological polar surface area (TPSA) is 37.3 Å². The Kier molecular flexibility index (Phi) is 6.31. The highest BCUT2D eigenvalue weighted by Gasteiger charge is 2.61. The molecule has 0 aromatic carbocycles. The van der Waals surface area contributed by atoms with Crippen molar-refractivity contribution in [3.8, 4) is 0 Å². The number of carbonyl (C=O) groups excluding carboxylic acids is 1. The Morgan fingerprint density at radius 3 is 2.28 bits per heavy atom. The summed E-state index contributed by atoms with van der Waals surface area (Å²) in [7, 11) is 0. The van der Waals surface area contributed by atoms with Crippen LogP contribution in [0.1, 0.15) is 112 Å². The molecule has 4 fully saturated rings. The average Bonchev–Trinajstić information content (AvgIpc) is 3.10. The molecule has 0 aliphatic heterocycles. The SMILES string of the molecule is C=C(C)[C@@H]1CC[C@]2(CO)CC[C@@H](C)[C@]3(C)CC[C@H]4C(C)(C)C(=O)CC[C@]4(C)C3CCCC12. The molecular weight excluding hydrogens is 392 g/mol. The lowest BCUT2D eigenvalue weighted by Crippen LogP contribution is -2.58. The van der Waals surface area contributed by atoms with Gasteiger partial charge in [0.05, 0.1) is 0 Å². The minimum atomic E-state index is -0.171. The van der Waals surface area contributed by atoms with Crippen molar-refractivity contribution in [2.45, 2.75) is 112 Å². The Morgan fingerprint density at radius 1 is 0.938 bits per heavy atom. The Bertz CT molecular complexity index is 752. The summed E-state index contributed by atoms with van der Waals surface area (Å²) in [5.41, 5.74) is 1.89. The fraction of sp³-hybridized carbons (Fsp3) is 0.900. The number of hydrogen-bond acceptors (Lipinski definition) is 2. The van der Waals surface area contributed by atoms with Crippen molar-refractivity contribution in [2.24, 2.45) is 51.2 Å². The molecule has 0 heterocycles. The van der Waals surface area contributed by atoms with Gasteiger partial charge >= 0.3 is 0 Å². The van der Waals surface area contributed by atoms with Crippen LogP contribution in [0.15, 0.2) is 12.2 Å². The molecule has 1 N–H and O–H groups in total. The number of carbonyl (C=O) groups is 1. The van der Waals surface area contributed by atoms with E-state index in [9.17, 15) is 9.90 Å². The largest absolute Gasteiger partial charge is 0.396 e. The second-order valence-corrected chi connectivity index (χ2v) is 13.8. The van der Waals surface area contributed by atoms with Gasteiger partial charge in [-0.3, -0.25) is 4.79 Å². The van der Waals surface area contributed by atoms with Crippen molar-refractivity contribution in [2.75, 3.05) is 6.61 Å². The molecule has 0 amide bonds. The average molecular weight is 443 g/mol. The summed E-state index contributed by atoms with van der Waals surface area (Å²) in [5, 5.41) is 10.6. The molecular formula is C30H50O2. The highest BCUT2D eigenvalue weighted by Crippen LogP contribution is 2.67. The quantitative estimate of drug-likeness (QED) is 0.447. The van der Waals surface area contributed by atoms with Gasteiger partial charge in [0.2, 0.25) is 0 Å². The van der Waals surface area contributed by atoms with E-state index in [1.54, 1.807) is 0 Å². The molecule has 0 radical (unpaired) electrons. The molecule has 4 saturated carbocycles. The number of aliphatic hydroxyl groups is 1. The van der Waals surface area contributed by atoms with E-state index in [0.29, 0.717) is 47.4 Å². The van der Waals surface area contributed by atoms with Gasteiger partial charge in [0.15, 0.2) is 0 Å². The molecule has 2 heteroatoms. The minimum absolute atomic E-state index is 0.113. The van der Waals surface area contributed by atoms with Gasteiger partial charge in [-0.25, -0.2) is 0 Å². The van der Waals surface area contributed by atoms with Crippen LogP contribution in [-0.4, -0.2) is 17.5 Å². The van der Waals surface area contributed by atoms with E-state index in [1.807, 2.05) is 0 Å². The maximum atomic E-state index is 12.9. The number of ketones is 1. The van der Waals surface area contributed by atoms with Crippen LogP contribution in [-0.2, 0) is 4.79 Å². The van der Waals surface area contributed by atoms with Crippen molar-refractivity contribution in [3.05, 3.63) is 12.2 Å². The van der Waals surface area contributed by atoms with E-state index >= 15 is 0 Å². The van der Waals surface area contributed by atoms with Crippen LogP contribution in [0.5, 0.6) is 0 Å². The highest BCUT2D eigenvalue weighted by molar-refractivity contribution is 5.85. The summed E-state index contributed by atoms with van der Waals surface area (Å²) in [5.74, 6) is 3.57. The lowest BCUT2D eigenvalue weighted by atomic mass is 9.40. The van der Waals surface area contributed by atoms with Crippen molar-refractivity contribution < 1.29 is 9.90 Å². The Balaban J connectivity index is 1.68. The third kappa shape index (κ3) is 3.48. The molecule has 4 aliphatic carbocycles. The number of Topliss-reactive ketones (excluding diaryl/α,β-unsaturated/α-hetero) is 1. The van der Waals surface area contributed by atoms with E-state index in [1.165, 1.54) is 63.4 Å². The maximum Gasteiger partial charge on any atom is 0.138 e. The highest BCUT2D eigenvalue weighted by atomic mass is 16.3. The van der Waals surface area contributed by atoms with Crippen LogP contribution in [0.25, 0.3) is 0 Å². The molecule has 8 atom stereocenters. The molecule has 182 valence electrons. The first-order valence-electron chi connectivity index (χ1n) is 13.7. The van der Waals surface area contributed by atoms with Crippen LogP contribution in [0, 0.1) is 51.2 Å². The van der Waals surface area contributed by atoms with Gasteiger partial charge in [0.25, 0.3) is 0 Å². The first-order valence-corrected chi connectivity index (χ1v) is 13.7. The van der Waals surface area contributed by atoms with Gasteiger partial charge in [-0.05, 0) is 111 Å². The number of hydrogen-bond donors (Lipinski definition) is 1. The predicted octanol–water partition coefficient (Wildman–Crippen LogP) is 7.60. The summed E-state index contributed by atoms with van der Waals surface area (Å²) >= 11 is 0. The normalized spacial score (nSPS) is 49.0. The fourth-order valence-corrected chi connectivity index (χ4v) is 9.95. The van der Waals surface area contributed by atoms with E-state index in [0.717, 1.165) is 12.8 Å². The summed E-state index contributed by atoms with van der Waals surface area (Å²) in [4.78, 5) is 12.9. The second kappa shape index (κ2) is 8.24. The van der Waals surface area contributed by atoms with E-state index in [2.05, 4.69) is 48.1 Å². The Hall–Kier alpha value is -0.630. The third-order valence-electron chi connectivity index (χ3n) is 12.2. The molecule has 0 saturated heterocycles. The van der Waals surface area contributed by atoms with Gasteiger partial charge in [0.1, 0.15) is 5.78 Å². The molecule has 4 aliphatic rings. The van der Waals surface area contributed by atoms with Crippen LogP contribution in [0.2, 0.25) is 0 Å². The molecule has 0 aromatic rings. The second-order valence-electron chi connectivity index (χ2n) is 13.8. The van der Waals surface area contributed by atoms with E-state index < -0.39 is 0 Å². The third-order valence-corrected chi connectivity index (χ3v) is 12.2. The fourth-order valence-electron chi connectivity index (χ4n) is 9.95. The predicted molar refractivity (Wildman–Crippen MR) is 133 cm³/mol. The molecule has 0 bridgehead atoms. The zero-order valence-electron chi connectivity index (χ0n) is 21.9. The van der Waals surface area contributed by atoms with E-state index in [4.69, 9.17) is 0 Å². The maximum absolute atomic E-state index is 12.9. The molecule has 32 heavy (non-hydrogen) atoms. The zero-order valence-corrected chi connectivity index (χ0v) is 21.9. The molecule has 0 spiro atoms. The van der Waals surface area contributed by atoms with Crippen molar-refractivity contribution >= 4 is 5.78 Å². The van der Waals surface area contributed by atoms with Gasteiger partial charge in [0, 0.05) is 18.4 Å². The number of rotatable bonds is 2. The lowest BCUT2D eigenvalue weighted by molar-refractivity contribution is -0.168. The van der Waals surface area contributed by atoms with Crippen molar-refractivity contribution in [1.29, 1.82) is 0 Å². The number of aliphatic hydroxyl groups excluding tert-OH is 1. The summed E-state index contributed by atoms with van der Waals surface area (Å²) in [6.45, 7) is 19.1. The molecule has 2 unspecified atom stereocenters. The Labute approximate surface area is 198 Å². The zero-order chi connectivity index (χ0) is 23.5. The number of allylic oxidation sites excluding steroid dienone is 1. The van der Waals surface area contributed by atoms with Crippen molar-refractivity contribution in [3.63, 3.8) is 0 Å². The standard InChI is InChI=1S/C30H50O2/c1-20(2)22-12-18-30(19-31)17-11-21(3)28(6)15-13-24-27(4,5)26(32)14-16-29(24,7)25(28)10-8-9-23(22)30/h21-25,31H,1,8-19H2,2-7H3/t21-,22+,23?,24+,25?,28+,29+,30+/m1/s1. The molecule has 0 aromatic heterocycles. The summed E-state index contributed by atoms with van der Waals surface area (Å²) in [6.07, 6.45) is 12.9. The van der Waals surface area contributed by atoms with Gasteiger partial charge < -0.3 is 5.11 Å². The minimum Gasteiger partial charge on any atom is -0.396 e. The lowest BCUT2D eigenvalue weighted by Gasteiger charge is -2.64. The molecule has 4 rings (SSSR count). The van der Waals surface area contributed by atoms with Crippen LogP contribution in [0.4, 0.5) is 0 Å². The first-order chi connectivity index (χ1) is 14.9. The first kappa shape index (κ1) is 24.5. The summed E-state index contributed by atoms with van der Waals surface area (Å²) in [6, 6.07) is 0. The van der Waals surface area contributed by atoms with Crippen LogP contribution >= 0.6 is 0 Å². The van der Waals surface area contributed by atoms with Crippen LogP contribution in [0.3, 0.4) is 0 Å². The number of fused-ring (bicyclic) bond motifs is 4. The van der Waals surface area contributed by atoms with Gasteiger partial charge in [-0.15, -0.1) is 0 Å². The smallest absolute Gasteiger partial charge is 0.138 e. The Morgan fingerprint density at radius 2 is 1.62 bits per heavy atom. The van der Waals surface area contributed by atoms with Crippen molar-refractivity contribution in [1.82, 2.24) is 0 Å². The van der Waals surface area contributed by atoms with Gasteiger partial charge in [-0.1, -0.05) is 53.2 Å².